The molecule has 0 saturated heterocycles. The van der Waals surface area contributed by atoms with Crippen molar-refractivity contribution < 1.29 is 4.74 Å². The van der Waals surface area contributed by atoms with Crippen LogP contribution in [0.15, 0.2) is 45.3 Å². The Hall–Kier alpha value is -1.00. The number of benzene rings is 2. The maximum absolute atomic E-state index is 5.18. The summed E-state index contributed by atoms with van der Waals surface area (Å²) in [5.41, 5.74) is 3.61. The summed E-state index contributed by atoms with van der Waals surface area (Å²) in [5, 5.41) is 3.56. The van der Waals surface area contributed by atoms with Crippen LogP contribution in [0.4, 0.5) is 5.69 Å². The van der Waals surface area contributed by atoms with Gasteiger partial charge in [0.15, 0.2) is 0 Å². The largest absolute Gasteiger partial charge is 0.497 e. The number of halogens is 2. The van der Waals surface area contributed by atoms with E-state index in [1.165, 1.54) is 11.1 Å². The van der Waals surface area contributed by atoms with Gasteiger partial charge in [0.05, 0.1) is 12.8 Å². The predicted molar refractivity (Wildman–Crippen MR) is 96.4 cm³/mol. The van der Waals surface area contributed by atoms with Crippen molar-refractivity contribution in [2.75, 3.05) is 12.4 Å². The number of anilines is 1. The van der Waals surface area contributed by atoms with Gasteiger partial charge >= 0.3 is 0 Å². The molecule has 0 aromatic heterocycles. The second-order valence-electron chi connectivity index (χ2n) is 5.20. The minimum atomic E-state index is 0.328. The average Bonchev–Trinajstić information content (AvgIpc) is 2.43. The molecule has 0 aliphatic rings. The first-order chi connectivity index (χ1) is 9.99. The number of hydrogen-bond donors (Lipinski definition) is 1. The Bertz CT molecular complexity index is 588. The molecule has 1 unspecified atom stereocenters. The predicted octanol–water partition coefficient (Wildman–Crippen LogP) is 5.57. The Kier molecular flexibility index (Phi) is 5.71. The van der Waals surface area contributed by atoms with Crippen molar-refractivity contribution in [3.63, 3.8) is 0 Å². The van der Waals surface area contributed by atoms with Gasteiger partial charge in [-0.05, 0) is 87.5 Å². The SMILES string of the molecule is COc1ccc(CC(C)Nc2c(Br)cc(C)cc2Br)cc1. The van der Waals surface area contributed by atoms with Crippen LogP contribution in [0.5, 0.6) is 5.75 Å². The molecule has 0 heterocycles. The van der Waals surface area contributed by atoms with Gasteiger partial charge in [-0.15, -0.1) is 0 Å². The van der Waals surface area contributed by atoms with Gasteiger partial charge in [-0.2, -0.15) is 0 Å². The number of rotatable bonds is 5. The summed E-state index contributed by atoms with van der Waals surface area (Å²) in [7, 11) is 1.69. The Morgan fingerprint density at radius 2 is 1.67 bits per heavy atom. The topological polar surface area (TPSA) is 21.3 Å². The lowest BCUT2D eigenvalue weighted by molar-refractivity contribution is 0.414. The van der Waals surface area contributed by atoms with Gasteiger partial charge in [-0.1, -0.05) is 12.1 Å². The van der Waals surface area contributed by atoms with Crippen LogP contribution >= 0.6 is 31.9 Å². The van der Waals surface area contributed by atoms with Crippen LogP contribution in [0.3, 0.4) is 0 Å². The molecule has 0 fully saturated rings. The summed E-state index contributed by atoms with van der Waals surface area (Å²) >= 11 is 7.24. The van der Waals surface area contributed by atoms with Crippen LogP contribution in [0.2, 0.25) is 0 Å². The lowest BCUT2D eigenvalue weighted by Gasteiger charge is -2.18. The standard InChI is InChI=1S/C17H19Br2NO/c1-11-8-15(18)17(16(19)9-11)20-12(2)10-13-4-6-14(21-3)7-5-13/h4-9,12,20H,10H2,1-3H3. The quantitative estimate of drug-likeness (QED) is 0.692. The van der Waals surface area contributed by atoms with E-state index in [2.05, 4.69) is 75.3 Å². The third-order valence-electron chi connectivity index (χ3n) is 3.28. The Morgan fingerprint density at radius 1 is 1.10 bits per heavy atom. The van der Waals surface area contributed by atoms with Crippen molar-refractivity contribution in [1.29, 1.82) is 0 Å². The maximum Gasteiger partial charge on any atom is 0.118 e. The molecule has 0 amide bonds. The molecule has 0 spiro atoms. The summed E-state index contributed by atoms with van der Waals surface area (Å²) in [5.74, 6) is 0.892. The number of hydrogen-bond acceptors (Lipinski definition) is 2. The highest BCUT2D eigenvalue weighted by Gasteiger charge is 2.10. The van der Waals surface area contributed by atoms with Gasteiger partial charge in [0.2, 0.25) is 0 Å². The first kappa shape index (κ1) is 16.4. The zero-order chi connectivity index (χ0) is 15.4. The smallest absolute Gasteiger partial charge is 0.118 e. The normalized spacial score (nSPS) is 12.0. The van der Waals surface area contributed by atoms with Crippen molar-refractivity contribution in [2.45, 2.75) is 26.3 Å². The molecule has 1 N–H and O–H groups in total. The van der Waals surface area contributed by atoms with Gasteiger partial charge in [0.25, 0.3) is 0 Å². The molecule has 112 valence electrons. The third-order valence-corrected chi connectivity index (χ3v) is 4.53. The molecule has 0 saturated carbocycles. The Morgan fingerprint density at radius 3 is 2.19 bits per heavy atom. The summed E-state index contributed by atoms with van der Waals surface area (Å²) in [6, 6.07) is 12.8. The van der Waals surface area contributed by atoms with E-state index in [0.717, 1.165) is 26.8 Å². The van der Waals surface area contributed by atoms with E-state index in [-0.39, 0.29) is 0 Å². The van der Waals surface area contributed by atoms with Crippen LogP contribution in [-0.2, 0) is 6.42 Å². The minimum absolute atomic E-state index is 0.328. The van der Waals surface area contributed by atoms with Crippen LogP contribution in [-0.4, -0.2) is 13.2 Å². The summed E-state index contributed by atoms with van der Waals surface area (Å²) in [6.07, 6.45) is 0.955. The van der Waals surface area contributed by atoms with Crippen molar-refractivity contribution in [2.24, 2.45) is 0 Å². The van der Waals surface area contributed by atoms with Gasteiger partial charge in [0.1, 0.15) is 5.75 Å². The van der Waals surface area contributed by atoms with Crippen LogP contribution in [0.1, 0.15) is 18.1 Å². The molecule has 0 bridgehead atoms. The zero-order valence-corrected chi connectivity index (χ0v) is 15.6. The van der Waals surface area contributed by atoms with E-state index in [1.54, 1.807) is 7.11 Å². The van der Waals surface area contributed by atoms with Crippen molar-refractivity contribution in [1.82, 2.24) is 0 Å². The fourth-order valence-corrected chi connectivity index (χ4v) is 3.89. The molecule has 0 aliphatic carbocycles. The molecular formula is C17H19Br2NO. The zero-order valence-electron chi connectivity index (χ0n) is 12.4. The molecule has 21 heavy (non-hydrogen) atoms. The number of nitrogens with one attached hydrogen (secondary N) is 1. The molecule has 2 nitrogen and oxygen atoms in total. The minimum Gasteiger partial charge on any atom is -0.497 e. The number of methoxy groups -OCH3 is 1. The van der Waals surface area contributed by atoms with E-state index < -0.39 is 0 Å². The average molecular weight is 413 g/mol. The molecule has 1 atom stereocenters. The van der Waals surface area contributed by atoms with Crippen molar-refractivity contribution in [3.05, 3.63) is 56.5 Å². The highest BCUT2D eigenvalue weighted by atomic mass is 79.9. The summed E-state index contributed by atoms with van der Waals surface area (Å²) in [6.45, 7) is 4.27. The Labute approximate surface area is 143 Å². The number of ether oxygens (including phenoxy) is 1. The number of aryl methyl sites for hydroxylation is 1. The molecule has 2 aromatic rings. The lowest BCUT2D eigenvalue weighted by atomic mass is 10.1. The van der Waals surface area contributed by atoms with E-state index in [4.69, 9.17) is 4.74 Å². The lowest BCUT2D eigenvalue weighted by Crippen LogP contribution is -2.18. The highest BCUT2D eigenvalue weighted by Crippen LogP contribution is 2.33. The molecule has 0 aliphatic heterocycles. The maximum atomic E-state index is 5.18. The van der Waals surface area contributed by atoms with Gasteiger partial charge in [0, 0.05) is 15.0 Å². The van der Waals surface area contributed by atoms with Gasteiger partial charge in [-0.25, -0.2) is 0 Å². The molecular weight excluding hydrogens is 394 g/mol. The van der Waals surface area contributed by atoms with Crippen molar-refractivity contribution in [3.8, 4) is 5.75 Å². The fraction of sp³-hybridized carbons (Fsp3) is 0.294. The molecule has 2 rings (SSSR count). The van der Waals surface area contributed by atoms with E-state index in [0.29, 0.717) is 6.04 Å². The molecule has 0 radical (unpaired) electrons. The van der Waals surface area contributed by atoms with Crippen LogP contribution in [0, 0.1) is 6.92 Å². The second-order valence-corrected chi connectivity index (χ2v) is 6.91. The first-order valence-electron chi connectivity index (χ1n) is 6.84. The molecule has 2 aromatic carbocycles. The monoisotopic (exact) mass is 411 g/mol. The van der Waals surface area contributed by atoms with Crippen LogP contribution < -0.4 is 10.1 Å². The second kappa shape index (κ2) is 7.32. The van der Waals surface area contributed by atoms with Gasteiger partial charge < -0.3 is 10.1 Å². The van der Waals surface area contributed by atoms with E-state index in [9.17, 15) is 0 Å². The first-order valence-corrected chi connectivity index (χ1v) is 8.43. The third kappa shape index (κ3) is 4.48. The van der Waals surface area contributed by atoms with Crippen molar-refractivity contribution >= 4 is 37.5 Å². The fourth-order valence-electron chi connectivity index (χ4n) is 2.25. The van der Waals surface area contributed by atoms with E-state index >= 15 is 0 Å². The van der Waals surface area contributed by atoms with Crippen LogP contribution in [0.25, 0.3) is 0 Å². The Balaban J connectivity index is 2.06. The van der Waals surface area contributed by atoms with Gasteiger partial charge in [-0.3, -0.25) is 0 Å². The highest BCUT2D eigenvalue weighted by molar-refractivity contribution is 9.11. The summed E-state index contributed by atoms with van der Waals surface area (Å²) < 4.78 is 7.34. The summed E-state index contributed by atoms with van der Waals surface area (Å²) in [4.78, 5) is 0. The molecule has 4 heteroatoms. The van der Waals surface area contributed by atoms with E-state index in [1.807, 2.05) is 12.1 Å².